The first-order chi connectivity index (χ1) is 18.6. The smallest absolute Gasteiger partial charge is 0.337 e. The van der Waals surface area contributed by atoms with Crippen molar-refractivity contribution < 1.29 is 14.3 Å². The fourth-order valence-corrected chi connectivity index (χ4v) is 5.20. The first-order valence-electron chi connectivity index (χ1n) is 12.8. The van der Waals surface area contributed by atoms with E-state index in [1.54, 1.807) is 26.1 Å². The predicted octanol–water partition coefficient (Wildman–Crippen LogP) is 3.65. The van der Waals surface area contributed by atoms with Gasteiger partial charge in [0.2, 0.25) is 0 Å². The molecule has 1 unspecified atom stereocenters. The van der Waals surface area contributed by atoms with Crippen LogP contribution >= 0.6 is 22.6 Å². The number of hydrogen-bond donors (Lipinski definition) is 2. The van der Waals surface area contributed by atoms with Crippen molar-refractivity contribution in [2.24, 2.45) is 10.9 Å². The van der Waals surface area contributed by atoms with Crippen LogP contribution in [0.3, 0.4) is 0 Å². The summed E-state index contributed by atoms with van der Waals surface area (Å²) in [5.74, 6) is -1.52. The molecular weight excluding hydrogens is 616 g/mol. The minimum atomic E-state index is -0.851. The quantitative estimate of drug-likeness (QED) is 0.286. The summed E-state index contributed by atoms with van der Waals surface area (Å²) in [6, 6.07) is 11.5. The number of anilines is 2. The fourth-order valence-electron chi connectivity index (χ4n) is 4.74. The molecule has 1 aliphatic heterocycles. The number of nitrogens with zero attached hydrogens (tertiary/aromatic N) is 4. The molecule has 39 heavy (non-hydrogen) atoms. The maximum absolute atomic E-state index is 14.9. The Balaban J connectivity index is 1.80. The van der Waals surface area contributed by atoms with Gasteiger partial charge in [0, 0.05) is 35.4 Å². The van der Waals surface area contributed by atoms with E-state index in [2.05, 4.69) is 10.3 Å². The van der Waals surface area contributed by atoms with Gasteiger partial charge < -0.3 is 15.3 Å². The lowest BCUT2D eigenvalue weighted by atomic mass is 9.95. The summed E-state index contributed by atoms with van der Waals surface area (Å²) >= 11 is 1.99. The van der Waals surface area contributed by atoms with Gasteiger partial charge in [-0.1, -0.05) is 6.07 Å². The topological polar surface area (TPSA) is 109 Å². The van der Waals surface area contributed by atoms with Gasteiger partial charge >= 0.3 is 5.69 Å². The van der Waals surface area contributed by atoms with Crippen molar-refractivity contribution in [1.82, 2.24) is 9.13 Å². The number of nitrogens with one attached hydrogen (secondary N) is 1. The van der Waals surface area contributed by atoms with E-state index in [-0.39, 0.29) is 34.6 Å². The summed E-state index contributed by atoms with van der Waals surface area (Å²) in [5.41, 5.74) is 0.388. The number of benzene rings is 2. The van der Waals surface area contributed by atoms with Crippen molar-refractivity contribution >= 4 is 51.3 Å². The Morgan fingerprint density at radius 1 is 1.15 bits per heavy atom. The van der Waals surface area contributed by atoms with Crippen LogP contribution in [-0.2, 0) is 4.79 Å². The second kappa shape index (κ2) is 10.7. The second-order valence-electron chi connectivity index (χ2n) is 10.0. The summed E-state index contributed by atoms with van der Waals surface area (Å²) in [6.07, 6.45) is 0.959. The zero-order chi connectivity index (χ0) is 28.0. The fraction of sp³-hybridized carbons (Fsp3) is 0.357. The molecule has 0 radical (unpaired) electrons. The van der Waals surface area contributed by atoms with Gasteiger partial charge in [-0.25, -0.2) is 18.7 Å². The van der Waals surface area contributed by atoms with Crippen LogP contribution < -0.4 is 21.5 Å². The van der Waals surface area contributed by atoms with Crippen molar-refractivity contribution in [3.8, 4) is 5.69 Å². The van der Waals surface area contributed by atoms with Crippen molar-refractivity contribution in [2.45, 2.75) is 38.8 Å². The maximum atomic E-state index is 14.9. The van der Waals surface area contributed by atoms with Crippen LogP contribution in [-0.4, -0.2) is 52.0 Å². The average Bonchev–Trinajstić information content (AvgIpc) is 3.71. The summed E-state index contributed by atoms with van der Waals surface area (Å²) in [7, 11) is 1.59. The second-order valence-corrected chi connectivity index (χ2v) is 11.2. The number of carbonyl (C=O) groups excluding carboxylic acids is 1. The number of aliphatic imine (C=N–C) groups is 1. The van der Waals surface area contributed by atoms with Gasteiger partial charge in [-0.05, 0) is 85.7 Å². The Morgan fingerprint density at radius 2 is 1.85 bits per heavy atom. The number of hydrogen-bond acceptors (Lipinski definition) is 7. The highest BCUT2D eigenvalue weighted by molar-refractivity contribution is 14.1. The van der Waals surface area contributed by atoms with Gasteiger partial charge in [-0.2, -0.15) is 0 Å². The summed E-state index contributed by atoms with van der Waals surface area (Å²) in [6.45, 7) is 3.98. The molecule has 1 aromatic heterocycles. The Bertz CT molecular complexity index is 1600. The van der Waals surface area contributed by atoms with Crippen LogP contribution in [0.5, 0.6) is 0 Å². The van der Waals surface area contributed by atoms with E-state index < -0.39 is 29.1 Å². The molecule has 11 heteroatoms. The number of aliphatic hydroxyl groups is 1. The Kier molecular flexibility index (Phi) is 7.47. The normalized spacial score (nSPS) is 16.7. The third-order valence-electron chi connectivity index (χ3n) is 7.18. The number of aliphatic hydroxyl groups excluding tert-OH is 1. The highest BCUT2D eigenvalue weighted by atomic mass is 127. The van der Waals surface area contributed by atoms with Gasteiger partial charge in [0.15, 0.2) is 0 Å². The first-order valence-corrected chi connectivity index (χ1v) is 13.9. The number of carbonyl (C=O) groups is 1. The molecular formula is C28H29FIN5O4. The molecule has 2 N–H and O–H groups in total. The van der Waals surface area contributed by atoms with Crippen molar-refractivity contribution in [2.75, 3.05) is 30.4 Å². The Morgan fingerprint density at radius 3 is 2.44 bits per heavy atom. The molecule has 1 saturated carbocycles. The van der Waals surface area contributed by atoms with Crippen LogP contribution in [0, 0.1) is 15.3 Å². The van der Waals surface area contributed by atoms with Crippen molar-refractivity contribution in [3.05, 3.63) is 78.3 Å². The van der Waals surface area contributed by atoms with Gasteiger partial charge in [0.05, 0.1) is 29.1 Å². The SMILES string of the molecule is CNc1c(C(=Nc2ccc(I)cc2F)C(C)C(C)=O)c(=O)n(C2CC2)c(=O)n1-c1cccc(N2CC(O)C2)c1. The van der Waals surface area contributed by atoms with Gasteiger partial charge in [-0.3, -0.25) is 14.2 Å². The lowest BCUT2D eigenvalue weighted by molar-refractivity contribution is -0.118. The number of Topliss-reactive ketones (excluding diaryl/α,β-unsaturated/α-hetero) is 1. The summed E-state index contributed by atoms with van der Waals surface area (Å²) < 4.78 is 18.2. The van der Waals surface area contributed by atoms with E-state index in [1.165, 1.54) is 28.2 Å². The number of rotatable bonds is 8. The number of halogens is 2. The van der Waals surface area contributed by atoms with Crippen LogP contribution in [0.4, 0.5) is 21.6 Å². The Hall–Kier alpha value is -3.32. The average molecular weight is 645 g/mol. The van der Waals surface area contributed by atoms with Crippen molar-refractivity contribution in [1.29, 1.82) is 0 Å². The van der Waals surface area contributed by atoms with Gasteiger partial charge in [-0.15, -0.1) is 0 Å². The van der Waals surface area contributed by atoms with Crippen LogP contribution in [0.2, 0.25) is 0 Å². The zero-order valence-electron chi connectivity index (χ0n) is 21.8. The molecule has 1 saturated heterocycles. The number of ketones is 1. The summed E-state index contributed by atoms with van der Waals surface area (Å²) in [4.78, 5) is 47.0. The molecule has 1 aliphatic carbocycles. The molecule has 2 heterocycles. The van der Waals surface area contributed by atoms with Crippen LogP contribution in [0.15, 0.2) is 57.0 Å². The molecule has 0 bridgehead atoms. The Labute approximate surface area is 238 Å². The lowest BCUT2D eigenvalue weighted by Crippen LogP contribution is -2.50. The molecule has 3 aromatic rings. The first kappa shape index (κ1) is 27.3. The molecule has 2 fully saturated rings. The van der Waals surface area contributed by atoms with Crippen LogP contribution in [0.25, 0.3) is 5.69 Å². The third kappa shape index (κ3) is 5.17. The monoisotopic (exact) mass is 645 g/mol. The molecule has 5 rings (SSSR count). The molecule has 9 nitrogen and oxygen atoms in total. The molecule has 204 valence electrons. The van der Waals surface area contributed by atoms with E-state index >= 15 is 0 Å². The van der Waals surface area contributed by atoms with Gasteiger partial charge in [0.1, 0.15) is 23.0 Å². The van der Waals surface area contributed by atoms with Gasteiger partial charge in [0.25, 0.3) is 5.56 Å². The molecule has 1 atom stereocenters. The predicted molar refractivity (Wildman–Crippen MR) is 157 cm³/mol. The number of aromatic nitrogens is 2. The standard InChI is InChI=1S/C28H29FIN5O4/c1-15(16(2)36)25(32-23-10-7-17(30)11-22(23)29)24-26(31-3)34(28(39)35(27(24)38)18-8-9-18)20-6-4-5-19(12-20)33-13-21(37)14-33/h4-7,10-12,15,18,21,31,37H,8-9,13-14H2,1-3H3. The van der Waals surface area contributed by atoms with Crippen LogP contribution in [0.1, 0.15) is 38.3 Å². The highest BCUT2D eigenvalue weighted by Crippen LogP contribution is 2.34. The molecule has 2 aromatic carbocycles. The lowest BCUT2D eigenvalue weighted by Gasteiger charge is -2.38. The third-order valence-corrected chi connectivity index (χ3v) is 7.85. The molecule has 2 aliphatic rings. The van der Waals surface area contributed by atoms with E-state index in [9.17, 15) is 23.9 Å². The van der Waals surface area contributed by atoms with E-state index in [4.69, 9.17) is 0 Å². The minimum absolute atomic E-state index is 0.00553. The zero-order valence-corrected chi connectivity index (χ0v) is 24.0. The van der Waals surface area contributed by atoms with Crippen molar-refractivity contribution in [3.63, 3.8) is 0 Å². The molecule has 0 amide bonds. The highest BCUT2D eigenvalue weighted by Gasteiger charge is 2.34. The minimum Gasteiger partial charge on any atom is -0.389 e. The largest absolute Gasteiger partial charge is 0.389 e. The number of β-amino-alcohol motifs (C(OH)–C–C–N with tert-alkyl or cyclic N) is 1. The van der Waals surface area contributed by atoms with E-state index in [0.717, 1.165) is 5.69 Å². The van der Waals surface area contributed by atoms with E-state index in [0.29, 0.717) is 35.2 Å². The molecule has 0 spiro atoms. The summed E-state index contributed by atoms with van der Waals surface area (Å²) in [5, 5.41) is 12.8. The van der Waals surface area contributed by atoms with E-state index in [1.807, 2.05) is 45.7 Å². The maximum Gasteiger partial charge on any atom is 0.337 e.